The summed E-state index contributed by atoms with van der Waals surface area (Å²) >= 11 is 0. The maximum absolute atomic E-state index is 9.10. The van der Waals surface area contributed by atoms with Gasteiger partial charge in [0.25, 0.3) is 6.33 Å². The number of rotatable bonds is 9. The summed E-state index contributed by atoms with van der Waals surface area (Å²) in [5.74, 6) is 0.558. The Morgan fingerprint density at radius 3 is 2.08 bits per heavy atom. The zero-order valence-corrected chi connectivity index (χ0v) is 37.9. The molecule has 0 saturated carbocycles. The summed E-state index contributed by atoms with van der Waals surface area (Å²) in [4.78, 5) is 13.8. The summed E-state index contributed by atoms with van der Waals surface area (Å²) in [5.41, 5.74) is 1.29. The van der Waals surface area contributed by atoms with E-state index in [1.165, 1.54) is 12.3 Å². The van der Waals surface area contributed by atoms with Gasteiger partial charge in [0.2, 0.25) is 0 Å². The molecule has 0 aliphatic heterocycles. The average molecular weight is 1030 g/mol. The fourth-order valence-electron chi connectivity index (χ4n) is 7.62. The molecule has 0 N–H and O–H groups in total. The van der Waals surface area contributed by atoms with E-state index in [1.54, 1.807) is 114 Å². The van der Waals surface area contributed by atoms with Crippen LogP contribution in [-0.4, -0.2) is 24.1 Å². The van der Waals surface area contributed by atoms with Crippen molar-refractivity contribution in [1.29, 1.82) is 0 Å². The van der Waals surface area contributed by atoms with Gasteiger partial charge in [0.05, 0.1) is 30.4 Å². The SMILES string of the molecule is [2H]c1c([2H])c([2H])c(-c2cccc(-c3c([2H])c([2H])c([2H])c([2H])c3[2H])c2-[n+]2[c-]n(-c3[c-]c(Oc4[c-]c5c(cc4)c4cnc(C([2H])([2H])C(C)(C)C)cc4n5-c4cc(C([2H])([2H])C(C)(C)C)ccn4)ncc3)c3ccccc32)c([2H])c1[2H].[Pt]. The van der Waals surface area contributed by atoms with Gasteiger partial charge in [-0.3, -0.25) is 14.5 Å². The molecule has 0 radical (unpaired) electrons. The Bertz CT molecular complexity index is 3940. The first-order chi connectivity index (χ1) is 36.1. The van der Waals surface area contributed by atoms with Crippen molar-refractivity contribution in [2.45, 2.75) is 54.3 Å². The zero-order valence-electron chi connectivity index (χ0n) is 49.6. The first kappa shape index (κ1) is 28.9. The van der Waals surface area contributed by atoms with E-state index in [0.29, 0.717) is 49.9 Å². The van der Waals surface area contributed by atoms with Crippen LogP contribution in [0.25, 0.3) is 72.3 Å². The molecule has 10 aromatic rings. The predicted octanol–water partition coefficient (Wildman–Crippen LogP) is 12.9. The molecule has 5 heterocycles. The van der Waals surface area contributed by atoms with Crippen molar-refractivity contribution in [2.75, 3.05) is 0 Å². The third-order valence-electron chi connectivity index (χ3n) is 10.0. The van der Waals surface area contributed by atoms with Crippen LogP contribution in [0.3, 0.4) is 0 Å². The summed E-state index contributed by atoms with van der Waals surface area (Å²) < 4.78 is 135. The second-order valence-corrected chi connectivity index (χ2v) is 17.0. The number of imidazole rings is 1. The Labute approximate surface area is 409 Å². The number of pyridine rings is 3. The number of hydrogen-bond acceptors (Lipinski definition) is 4. The van der Waals surface area contributed by atoms with Crippen molar-refractivity contribution >= 4 is 32.8 Å². The van der Waals surface area contributed by atoms with Crippen LogP contribution in [0.15, 0.2) is 158 Å². The Hall–Kier alpha value is -6.69. The first-order valence-electron chi connectivity index (χ1n) is 27.3. The number of ether oxygens (including phenoxy) is 1. The maximum atomic E-state index is 9.10. The van der Waals surface area contributed by atoms with Crippen molar-refractivity contribution < 1.29 is 49.6 Å². The molecular weight excluding hydrogens is 968 g/mol. The Kier molecular flexibility index (Phi) is 7.73. The van der Waals surface area contributed by atoms with Gasteiger partial charge in [-0.25, -0.2) is 4.98 Å². The number of hydrogen-bond donors (Lipinski definition) is 0. The monoisotopic (exact) mass is 1030 g/mol. The van der Waals surface area contributed by atoms with Crippen LogP contribution >= 0.6 is 0 Å². The van der Waals surface area contributed by atoms with Gasteiger partial charge in [-0.05, 0) is 75.0 Å². The molecule has 10 rings (SSSR count). The molecule has 0 aliphatic rings. The summed E-state index contributed by atoms with van der Waals surface area (Å²) in [6.45, 7) is 10.9. The molecule has 0 amide bonds. The van der Waals surface area contributed by atoms with E-state index in [2.05, 4.69) is 28.4 Å². The number of fused-ring (bicyclic) bond motifs is 4. The molecule has 0 saturated heterocycles. The normalized spacial score (nSPS) is 15.5. The van der Waals surface area contributed by atoms with E-state index in [-0.39, 0.29) is 66.3 Å². The third kappa shape index (κ3) is 8.53. The summed E-state index contributed by atoms with van der Waals surface area (Å²) in [6, 6.07) is 22.9. The Morgan fingerprint density at radius 1 is 0.688 bits per heavy atom. The molecule has 0 bridgehead atoms. The Morgan fingerprint density at radius 2 is 1.38 bits per heavy atom. The van der Waals surface area contributed by atoms with Crippen LogP contribution in [0, 0.1) is 29.3 Å². The van der Waals surface area contributed by atoms with Gasteiger partial charge >= 0.3 is 0 Å². The second-order valence-electron chi connectivity index (χ2n) is 17.0. The van der Waals surface area contributed by atoms with Gasteiger partial charge < -0.3 is 13.9 Å². The van der Waals surface area contributed by atoms with E-state index in [1.807, 2.05) is 26.8 Å². The maximum Gasteiger partial charge on any atom is 0.267 e. The van der Waals surface area contributed by atoms with E-state index in [9.17, 15) is 0 Å². The van der Waals surface area contributed by atoms with Gasteiger partial charge in [0, 0.05) is 55.9 Å². The van der Waals surface area contributed by atoms with Crippen molar-refractivity contribution in [1.82, 2.24) is 24.1 Å². The van der Waals surface area contributed by atoms with Gasteiger partial charge in [0.15, 0.2) is 0 Å². The summed E-state index contributed by atoms with van der Waals surface area (Å²) in [6.07, 6.45) is 4.38. The fourth-order valence-corrected chi connectivity index (χ4v) is 7.62. The molecule has 320 valence electrons. The summed E-state index contributed by atoms with van der Waals surface area (Å²) in [7, 11) is 0. The van der Waals surface area contributed by atoms with Crippen LogP contribution in [0.5, 0.6) is 11.6 Å². The van der Waals surface area contributed by atoms with Crippen LogP contribution < -0.4 is 9.30 Å². The summed E-state index contributed by atoms with van der Waals surface area (Å²) in [5, 5.41) is 1.35. The van der Waals surface area contributed by atoms with Crippen molar-refractivity contribution in [3.63, 3.8) is 0 Å². The van der Waals surface area contributed by atoms with Gasteiger partial charge in [-0.1, -0.05) is 162 Å². The van der Waals surface area contributed by atoms with Crippen LogP contribution in [0.1, 0.15) is 72.0 Å². The molecule has 0 unspecified atom stereocenters. The van der Waals surface area contributed by atoms with Crippen molar-refractivity contribution in [3.8, 4) is 51.1 Å². The van der Waals surface area contributed by atoms with E-state index >= 15 is 0 Å². The molecule has 8 heteroatoms. The molecule has 0 fully saturated rings. The molecule has 0 atom stereocenters. The first-order valence-corrected chi connectivity index (χ1v) is 20.3. The van der Waals surface area contributed by atoms with E-state index in [4.69, 9.17) is 28.9 Å². The van der Waals surface area contributed by atoms with Crippen LogP contribution in [0.4, 0.5) is 0 Å². The quantitative estimate of drug-likeness (QED) is 0.107. The molecule has 7 nitrogen and oxygen atoms in total. The number of aromatic nitrogens is 6. The fraction of sp³-hybridized carbons (Fsp3) is 0.179. The largest absolute Gasteiger partial charge is 0.484 e. The van der Waals surface area contributed by atoms with Crippen LogP contribution in [0.2, 0.25) is 0 Å². The number of para-hydroxylation sites is 3. The average Bonchev–Trinajstić information content (AvgIpc) is 4.17. The predicted molar refractivity (Wildman–Crippen MR) is 253 cm³/mol. The third-order valence-corrected chi connectivity index (χ3v) is 10.0. The molecule has 0 spiro atoms. The Balaban J connectivity index is 0.00000740. The second kappa shape index (κ2) is 17.1. The minimum Gasteiger partial charge on any atom is -0.484 e. The molecular formula is C56H48N6OPt-2. The topological polar surface area (TPSA) is 61.6 Å². The molecule has 64 heavy (non-hydrogen) atoms. The zero-order chi connectivity index (χ0) is 55.6. The molecule has 5 aromatic heterocycles. The minimum absolute atomic E-state index is 0. The van der Waals surface area contributed by atoms with Gasteiger partial charge in [0.1, 0.15) is 11.7 Å². The molecule has 0 aliphatic carbocycles. The van der Waals surface area contributed by atoms with Gasteiger partial charge in [-0.15, -0.1) is 17.5 Å². The minimum atomic E-state index is -1.85. The van der Waals surface area contributed by atoms with Crippen molar-refractivity contribution in [3.05, 3.63) is 188 Å². The van der Waals surface area contributed by atoms with E-state index < -0.39 is 84.0 Å². The standard InChI is InChI=1S/C56H48N6O.Pt/c1-55(2,3)34-38-26-28-57-52(30-38)62-50-31-41(35-56(4,5)6)59-36-47(50)46-25-24-43(33-51(46)62)63-53-32-42(27-29-58-53)60-37-61(49-23-14-13-22-48(49)60)54-44(39-16-9-7-10-17-39)20-15-21-45(54)40-18-11-8-12-19-40;/h7-31,36H,34-35H2,1-6H3;/q-2;/i7D,8D,9D,10D,11D,12D,16D,17D,18D,19D,34D2,35D2;. The van der Waals surface area contributed by atoms with Gasteiger partial charge in [-0.2, -0.15) is 18.2 Å². The number of nitrogens with zero attached hydrogens (tertiary/aromatic N) is 6. The van der Waals surface area contributed by atoms with Crippen LogP contribution in [-0.2, 0) is 33.8 Å². The smallest absolute Gasteiger partial charge is 0.267 e. The van der Waals surface area contributed by atoms with Crippen molar-refractivity contribution in [2.24, 2.45) is 10.8 Å². The number of benzene rings is 5. The molecule has 5 aromatic carbocycles. The van der Waals surface area contributed by atoms with E-state index in [0.717, 1.165) is 0 Å².